The Kier molecular flexibility index (Phi) is 3.90. The van der Waals surface area contributed by atoms with E-state index in [1.165, 1.54) is 17.2 Å². The summed E-state index contributed by atoms with van der Waals surface area (Å²) in [7, 11) is 0. The van der Waals surface area contributed by atoms with Gasteiger partial charge in [-0.1, -0.05) is 35.9 Å². The molecule has 0 fully saturated rings. The second-order valence-corrected chi connectivity index (χ2v) is 5.40. The van der Waals surface area contributed by atoms with Crippen LogP contribution in [-0.2, 0) is 6.54 Å². The minimum atomic E-state index is -0.392. The molecule has 104 valence electrons. The van der Waals surface area contributed by atoms with Crippen LogP contribution in [0.5, 0.6) is 0 Å². The predicted octanol–water partition coefficient (Wildman–Crippen LogP) is 4.13. The van der Waals surface area contributed by atoms with Gasteiger partial charge in [0.15, 0.2) is 0 Å². The summed E-state index contributed by atoms with van der Waals surface area (Å²) in [5, 5.41) is 6.96. The molecule has 0 spiro atoms. The molecule has 1 unspecified atom stereocenters. The van der Waals surface area contributed by atoms with Gasteiger partial charge in [0.2, 0.25) is 0 Å². The molecule has 3 rings (SSSR count). The van der Waals surface area contributed by atoms with Crippen LogP contribution in [0.15, 0.2) is 42.5 Å². The number of hydrogen-bond donors (Lipinski definition) is 2. The van der Waals surface area contributed by atoms with Crippen LogP contribution in [0, 0.1) is 5.82 Å². The van der Waals surface area contributed by atoms with Gasteiger partial charge in [-0.3, -0.25) is 0 Å². The van der Waals surface area contributed by atoms with E-state index in [0.29, 0.717) is 0 Å². The summed E-state index contributed by atoms with van der Waals surface area (Å²) in [6.07, 6.45) is 0.960. The quantitative estimate of drug-likeness (QED) is 0.869. The number of benzene rings is 2. The van der Waals surface area contributed by atoms with E-state index < -0.39 is 5.82 Å². The van der Waals surface area contributed by atoms with Crippen LogP contribution in [0.2, 0.25) is 5.02 Å². The van der Waals surface area contributed by atoms with Crippen molar-refractivity contribution in [2.24, 2.45) is 0 Å². The Balaban J connectivity index is 1.88. The lowest BCUT2D eigenvalue weighted by atomic mass is 9.99. The number of nitrogens with one attached hydrogen (secondary N) is 2. The molecule has 0 amide bonds. The molecule has 20 heavy (non-hydrogen) atoms. The third-order valence-corrected chi connectivity index (χ3v) is 3.92. The number of hydrogen-bond acceptors (Lipinski definition) is 2. The predicted molar refractivity (Wildman–Crippen MR) is 80.5 cm³/mol. The van der Waals surface area contributed by atoms with Gasteiger partial charge in [0.05, 0.1) is 11.1 Å². The van der Waals surface area contributed by atoms with Gasteiger partial charge in [-0.2, -0.15) is 0 Å². The number of rotatable bonds is 2. The maximum atomic E-state index is 13.5. The van der Waals surface area contributed by atoms with Gasteiger partial charge in [0.25, 0.3) is 0 Å². The smallest absolute Gasteiger partial charge is 0.143 e. The minimum Gasteiger partial charge on any atom is -0.378 e. The van der Waals surface area contributed by atoms with Gasteiger partial charge in [0, 0.05) is 12.2 Å². The van der Waals surface area contributed by atoms with Crippen LogP contribution in [-0.4, -0.2) is 6.54 Å². The second kappa shape index (κ2) is 5.81. The van der Waals surface area contributed by atoms with E-state index >= 15 is 0 Å². The van der Waals surface area contributed by atoms with E-state index in [-0.39, 0.29) is 11.1 Å². The van der Waals surface area contributed by atoms with Crippen LogP contribution in [0.4, 0.5) is 10.1 Å². The highest BCUT2D eigenvalue weighted by Gasteiger charge is 2.18. The molecule has 0 saturated carbocycles. The van der Waals surface area contributed by atoms with Crippen LogP contribution in [0.25, 0.3) is 0 Å². The van der Waals surface area contributed by atoms with Gasteiger partial charge in [-0.15, -0.1) is 0 Å². The van der Waals surface area contributed by atoms with E-state index in [1.807, 2.05) is 18.2 Å². The Morgan fingerprint density at radius 2 is 2.05 bits per heavy atom. The molecule has 0 bridgehead atoms. The minimum absolute atomic E-state index is 0.151. The molecule has 4 heteroatoms. The standard InChI is InChI=1S/C16H16ClFN2/c17-14-6-5-12(9-15(14)18)20-16-7-8-19-10-11-3-1-2-4-13(11)16/h1-6,9,16,19-20H,7-8,10H2. The molecule has 0 radical (unpaired) electrons. The zero-order valence-electron chi connectivity index (χ0n) is 11.0. The number of anilines is 1. The molecule has 1 atom stereocenters. The Hall–Kier alpha value is -1.58. The Morgan fingerprint density at radius 3 is 2.90 bits per heavy atom. The van der Waals surface area contributed by atoms with E-state index in [9.17, 15) is 4.39 Å². The summed E-state index contributed by atoms with van der Waals surface area (Å²) in [5.41, 5.74) is 3.32. The second-order valence-electron chi connectivity index (χ2n) is 4.99. The van der Waals surface area contributed by atoms with E-state index in [2.05, 4.69) is 22.8 Å². The normalized spacial score (nSPS) is 18.2. The van der Waals surface area contributed by atoms with Crippen molar-refractivity contribution in [1.82, 2.24) is 5.32 Å². The summed E-state index contributed by atoms with van der Waals surface area (Å²) >= 11 is 5.72. The molecule has 2 aromatic rings. The Labute approximate surface area is 123 Å². The fourth-order valence-corrected chi connectivity index (χ4v) is 2.71. The van der Waals surface area contributed by atoms with Gasteiger partial charge in [0.1, 0.15) is 5.82 Å². The first-order valence-corrected chi connectivity index (χ1v) is 7.12. The molecular formula is C16H16ClFN2. The van der Waals surface area contributed by atoms with Crippen molar-refractivity contribution < 1.29 is 4.39 Å². The first-order chi connectivity index (χ1) is 9.74. The number of fused-ring (bicyclic) bond motifs is 1. The van der Waals surface area contributed by atoms with Crippen LogP contribution in [0.1, 0.15) is 23.6 Å². The summed E-state index contributed by atoms with van der Waals surface area (Å²) < 4.78 is 13.5. The van der Waals surface area contributed by atoms with Crippen LogP contribution >= 0.6 is 11.6 Å². The lowest BCUT2D eigenvalue weighted by Crippen LogP contribution is -2.15. The monoisotopic (exact) mass is 290 g/mol. The summed E-state index contributed by atoms with van der Waals surface area (Å²) in [5.74, 6) is -0.392. The number of halogens is 2. The molecular weight excluding hydrogens is 275 g/mol. The fraction of sp³-hybridized carbons (Fsp3) is 0.250. The van der Waals surface area contributed by atoms with Crippen LogP contribution < -0.4 is 10.6 Å². The van der Waals surface area contributed by atoms with Crippen molar-refractivity contribution in [2.75, 3.05) is 11.9 Å². The fourth-order valence-electron chi connectivity index (χ4n) is 2.60. The van der Waals surface area contributed by atoms with E-state index in [1.54, 1.807) is 6.07 Å². The third-order valence-electron chi connectivity index (χ3n) is 3.62. The van der Waals surface area contributed by atoms with Crippen molar-refractivity contribution in [3.05, 3.63) is 64.4 Å². The van der Waals surface area contributed by atoms with Crippen molar-refractivity contribution in [1.29, 1.82) is 0 Å². The van der Waals surface area contributed by atoms with Crippen molar-refractivity contribution in [3.63, 3.8) is 0 Å². The summed E-state index contributed by atoms with van der Waals surface area (Å²) in [6.45, 7) is 1.81. The first kappa shape index (κ1) is 13.4. The molecule has 1 aliphatic heterocycles. The Bertz CT molecular complexity index is 615. The van der Waals surface area contributed by atoms with Gasteiger partial charge in [-0.05, 0) is 42.3 Å². The average molecular weight is 291 g/mol. The van der Waals surface area contributed by atoms with Crippen molar-refractivity contribution in [2.45, 2.75) is 19.0 Å². The zero-order chi connectivity index (χ0) is 13.9. The zero-order valence-corrected chi connectivity index (χ0v) is 11.8. The first-order valence-electron chi connectivity index (χ1n) is 6.74. The molecule has 0 saturated heterocycles. The maximum Gasteiger partial charge on any atom is 0.143 e. The highest BCUT2D eigenvalue weighted by atomic mass is 35.5. The SMILES string of the molecule is Fc1cc(NC2CCNCc3ccccc32)ccc1Cl. The average Bonchev–Trinajstić information content (AvgIpc) is 2.66. The maximum absolute atomic E-state index is 13.5. The molecule has 0 aromatic heterocycles. The van der Waals surface area contributed by atoms with Crippen molar-refractivity contribution in [3.8, 4) is 0 Å². The van der Waals surface area contributed by atoms with E-state index in [4.69, 9.17) is 11.6 Å². The lowest BCUT2D eigenvalue weighted by molar-refractivity contribution is 0.624. The molecule has 2 nitrogen and oxygen atoms in total. The highest BCUT2D eigenvalue weighted by Crippen LogP contribution is 2.28. The highest BCUT2D eigenvalue weighted by molar-refractivity contribution is 6.30. The molecule has 2 aromatic carbocycles. The molecule has 1 aliphatic rings. The van der Waals surface area contributed by atoms with Crippen LogP contribution in [0.3, 0.4) is 0 Å². The van der Waals surface area contributed by atoms with Gasteiger partial charge >= 0.3 is 0 Å². The largest absolute Gasteiger partial charge is 0.378 e. The third kappa shape index (κ3) is 2.79. The molecule has 2 N–H and O–H groups in total. The topological polar surface area (TPSA) is 24.1 Å². The molecule has 1 heterocycles. The van der Waals surface area contributed by atoms with Gasteiger partial charge in [-0.25, -0.2) is 4.39 Å². The Morgan fingerprint density at radius 1 is 1.20 bits per heavy atom. The summed E-state index contributed by atoms with van der Waals surface area (Å²) in [6, 6.07) is 13.4. The van der Waals surface area contributed by atoms with E-state index in [0.717, 1.165) is 25.2 Å². The molecule has 0 aliphatic carbocycles. The van der Waals surface area contributed by atoms with Crippen molar-refractivity contribution >= 4 is 17.3 Å². The van der Waals surface area contributed by atoms with Gasteiger partial charge < -0.3 is 10.6 Å². The summed E-state index contributed by atoms with van der Waals surface area (Å²) in [4.78, 5) is 0. The lowest BCUT2D eigenvalue weighted by Gasteiger charge is -2.20.